The van der Waals surface area contributed by atoms with Gasteiger partial charge >= 0.3 is 5.63 Å². The average molecular weight is 371 g/mol. The second-order valence-corrected chi connectivity index (χ2v) is 5.94. The Morgan fingerprint density at radius 1 is 1.04 bits per heavy atom. The Kier molecular flexibility index (Phi) is 5.12. The predicted octanol–water partition coefficient (Wildman–Crippen LogP) is 3.44. The molecule has 2 N–H and O–H groups in total. The summed E-state index contributed by atoms with van der Waals surface area (Å²) < 4.78 is 21.3. The van der Waals surface area contributed by atoms with Gasteiger partial charge in [-0.05, 0) is 24.6 Å². The third kappa shape index (κ3) is 3.48. The molecule has 7 heteroatoms. The average Bonchev–Trinajstić information content (AvgIpc) is 2.68. The largest absolute Gasteiger partial charge is 0.508 e. The molecule has 0 fully saturated rings. The third-order valence-corrected chi connectivity index (χ3v) is 4.37. The van der Waals surface area contributed by atoms with Crippen LogP contribution in [0.25, 0.3) is 11.0 Å². The van der Waals surface area contributed by atoms with Crippen molar-refractivity contribution in [1.29, 1.82) is 0 Å². The number of aromatic hydroxyl groups is 1. The highest BCUT2D eigenvalue weighted by atomic mass is 16.5. The van der Waals surface area contributed by atoms with E-state index in [4.69, 9.17) is 18.6 Å². The molecule has 0 unspecified atom stereocenters. The fourth-order valence-electron chi connectivity index (χ4n) is 2.94. The van der Waals surface area contributed by atoms with Gasteiger partial charge in [-0.25, -0.2) is 4.79 Å². The standard InChI is InChI=1S/C20H21NO6/c1-11-15(22)6-5-14-12(7-18(23)27-19(11)14)10-21-13-8-16(24-2)20(26-4)17(9-13)25-3/h5-9,21-22H,10H2,1-4H3. The molecule has 3 aromatic rings. The SMILES string of the molecule is COc1cc(NCc2cc(=O)oc3c(C)c(O)ccc23)cc(OC)c1OC. The van der Waals surface area contributed by atoms with Crippen molar-refractivity contribution in [2.45, 2.75) is 13.5 Å². The minimum atomic E-state index is -0.474. The van der Waals surface area contributed by atoms with Crippen LogP contribution in [0.1, 0.15) is 11.1 Å². The Hall–Kier alpha value is -3.35. The summed E-state index contributed by atoms with van der Waals surface area (Å²) >= 11 is 0. The Morgan fingerprint density at radius 3 is 2.30 bits per heavy atom. The maximum atomic E-state index is 11.9. The van der Waals surface area contributed by atoms with Gasteiger partial charge in [0.15, 0.2) is 11.5 Å². The van der Waals surface area contributed by atoms with Gasteiger partial charge in [-0.1, -0.05) is 0 Å². The lowest BCUT2D eigenvalue weighted by atomic mass is 10.1. The predicted molar refractivity (Wildman–Crippen MR) is 102 cm³/mol. The first-order valence-corrected chi connectivity index (χ1v) is 8.27. The summed E-state index contributed by atoms with van der Waals surface area (Å²) in [6.45, 7) is 2.07. The Bertz CT molecular complexity index is 1020. The molecule has 0 atom stereocenters. The van der Waals surface area contributed by atoms with Crippen molar-refractivity contribution in [2.75, 3.05) is 26.6 Å². The number of aryl methyl sites for hydroxylation is 1. The first kappa shape index (κ1) is 18.4. The van der Waals surface area contributed by atoms with Crippen LogP contribution in [0.15, 0.2) is 39.5 Å². The van der Waals surface area contributed by atoms with Crippen molar-refractivity contribution in [1.82, 2.24) is 0 Å². The summed E-state index contributed by atoms with van der Waals surface area (Å²) in [4.78, 5) is 11.9. The van der Waals surface area contributed by atoms with Crippen LogP contribution >= 0.6 is 0 Å². The zero-order valence-electron chi connectivity index (χ0n) is 15.6. The van der Waals surface area contributed by atoms with Crippen LogP contribution in [0.2, 0.25) is 0 Å². The zero-order chi connectivity index (χ0) is 19.6. The zero-order valence-corrected chi connectivity index (χ0v) is 15.6. The first-order chi connectivity index (χ1) is 13.0. The van der Waals surface area contributed by atoms with Crippen LogP contribution in [-0.2, 0) is 6.54 Å². The number of nitrogens with one attached hydrogen (secondary N) is 1. The normalized spacial score (nSPS) is 10.7. The molecule has 0 amide bonds. The Labute approximate surface area is 156 Å². The number of phenolic OH excluding ortho intramolecular Hbond substituents is 1. The number of hydrogen-bond donors (Lipinski definition) is 2. The molecule has 2 aromatic carbocycles. The molecule has 0 spiro atoms. The monoisotopic (exact) mass is 371 g/mol. The van der Waals surface area contributed by atoms with Crippen LogP contribution in [0.3, 0.4) is 0 Å². The van der Waals surface area contributed by atoms with Gasteiger partial charge in [0.25, 0.3) is 0 Å². The molecule has 27 heavy (non-hydrogen) atoms. The van der Waals surface area contributed by atoms with Gasteiger partial charge in [0.1, 0.15) is 11.3 Å². The van der Waals surface area contributed by atoms with E-state index in [9.17, 15) is 9.90 Å². The number of fused-ring (bicyclic) bond motifs is 1. The maximum Gasteiger partial charge on any atom is 0.336 e. The fraction of sp³-hybridized carbons (Fsp3) is 0.250. The van der Waals surface area contributed by atoms with Crippen molar-refractivity contribution in [3.8, 4) is 23.0 Å². The van der Waals surface area contributed by atoms with E-state index in [0.717, 1.165) is 16.6 Å². The second kappa shape index (κ2) is 7.49. The van der Waals surface area contributed by atoms with Crippen molar-refractivity contribution in [3.05, 3.63) is 51.9 Å². The van der Waals surface area contributed by atoms with Crippen LogP contribution in [-0.4, -0.2) is 26.4 Å². The Morgan fingerprint density at radius 2 is 1.70 bits per heavy atom. The summed E-state index contributed by atoms with van der Waals surface area (Å²) in [7, 11) is 4.64. The highest BCUT2D eigenvalue weighted by molar-refractivity contribution is 5.85. The van der Waals surface area contributed by atoms with Gasteiger partial charge in [-0.3, -0.25) is 0 Å². The lowest BCUT2D eigenvalue weighted by molar-refractivity contribution is 0.324. The van der Waals surface area contributed by atoms with Gasteiger partial charge in [-0.2, -0.15) is 0 Å². The number of anilines is 1. The van der Waals surface area contributed by atoms with Crippen molar-refractivity contribution >= 4 is 16.7 Å². The topological polar surface area (TPSA) is 90.2 Å². The van der Waals surface area contributed by atoms with E-state index >= 15 is 0 Å². The smallest absolute Gasteiger partial charge is 0.336 e. The second-order valence-electron chi connectivity index (χ2n) is 5.94. The molecule has 1 aromatic heterocycles. The lowest BCUT2D eigenvalue weighted by Gasteiger charge is -2.15. The highest BCUT2D eigenvalue weighted by Crippen LogP contribution is 2.40. The van der Waals surface area contributed by atoms with Crippen LogP contribution in [0.4, 0.5) is 5.69 Å². The fourth-order valence-corrected chi connectivity index (χ4v) is 2.94. The summed E-state index contributed by atoms with van der Waals surface area (Å²) in [6, 6.07) is 8.31. The number of hydrogen-bond acceptors (Lipinski definition) is 7. The first-order valence-electron chi connectivity index (χ1n) is 8.27. The van der Waals surface area contributed by atoms with E-state index in [1.165, 1.54) is 6.07 Å². The van der Waals surface area contributed by atoms with E-state index in [2.05, 4.69) is 5.32 Å². The molecular formula is C20H21NO6. The van der Waals surface area contributed by atoms with E-state index < -0.39 is 5.63 Å². The van der Waals surface area contributed by atoms with Gasteiger partial charge in [-0.15, -0.1) is 0 Å². The minimum Gasteiger partial charge on any atom is -0.508 e. The maximum absolute atomic E-state index is 11.9. The molecule has 142 valence electrons. The molecule has 0 radical (unpaired) electrons. The molecule has 0 bridgehead atoms. The molecule has 0 saturated heterocycles. The summed E-state index contributed by atoms with van der Waals surface area (Å²) in [5.41, 5.74) is 1.92. The number of phenols is 1. The Balaban J connectivity index is 1.98. The van der Waals surface area contributed by atoms with Gasteiger partial charge in [0.05, 0.1) is 21.3 Å². The van der Waals surface area contributed by atoms with E-state index in [1.54, 1.807) is 52.5 Å². The van der Waals surface area contributed by atoms with Crippen molar-refractivity contribution < 1.29 is 23.7 Å². The molecule has 7 nitrogen and oxygen atoms in total. The van der Waals surface area contributed by atoms with Gasteiger partial charge in [0, 0.05) is 41.4 Å². The summed E-state index contributed by atoms with van der Waals surface area (Å²) in [5, 5.41) is 13.9. The number of ether oxygens (including phenoxy) is 3. The van der Waals surface area contributed by atoms with Crippen LogP contribution < -0.4 is 25.2 Å². The quantitative estimate of drug-likeness (QED) is 0.642. The molecule has 0 aliphatic heterocycles. The highest BCUT2D eigenvalue weighted by Gasteiger charge is 2.14. The van der Waals surface area contributed by atoms with Crippen LogP contribution in [0.5, 0.6) is 23.0 Å². The lowest BCUT2D eigenvalue weighted by Crippen LogP contribution is -2.07. The number of benzene rings is 2. The number of rotatable bonds is 6. The third-order valence-electron chi connectivity index (χ3n) is 4.37. The van der Waals surface area contributed by atoms with Crippen molar-refractivity contribution in [3.63, 3.8) is 0 Å². The van der Waals surface area contributed by atoms with E-state index in [1.807, 2.05) is 0 Å². The van der Waals surface area contributed by atoms with Crippen molar-refractivity contribution in [2.24, 2.45) is 0 Å². The van der Waals surface area contributed by atoms with Crippen LogP contribution in [0, 0.1) is 6.92 Å². The van der Waals surface area contributed by atoms with E-state index in [0.29, 0.717) is 34.9 Å². The molecule has 3 rings (SSSR count). The molecule has 0 saturated carbocycles. The molecule has 1 heterocycles. The minimum absolute atomic E-state index is 0.0837. The van der Waals surface area contributed by atoms with E-state index in [-0.39, 0.29) is 5.75 Å². The number of methoxy groups -OCH3 is 3. The molecule has 0 aliphatic carbocycles. The van der Waals surface area contributed by atoms with Gasteiger partial charge in [0.2, 0.25) is 5.75 Å². The summed E-state index contributed by atoms with van der Waals surface area (Å²) in [6.07, 6.45) is 0. The molecule has 0 aliphatic rings. The summed E-state index contributed by atoms with van der Waals surface area (Å²) in [5.74, 6) is 1.64. The van der Waals surface area contributed by atoms with Gasteiger partial charge < -0.3 is 29.1 Å². The molecular weight excluding hydrogens is 350 g/mol.